The van der Waals surface area contributed by atoms with Crippen LogP contribution in [0.3, 0.4) is 0 Å². The third kappa shape index (κ3) is 2.20. The van der Waals surface area contributed by atoms with Gasteiger partial charge in [-0.2, -0.15) is 0 Å². The van der Waals surface area contributed by atoms with E-state index in [1.165, 1.54) is 0 Å². The van der Waals surface area contributed by atoms with Crippen LogP contribution in [0.4, 0.5) is 8.78 Å². The van der Waals surface area contributed by atoms with Gasteiger partial charge in [0.25, 0.3) is 0 Å². The highest BCUT2D eigenvalue weighted by Gasteiger charge is 2.17. The second kappa shape index (κ2) is 4.68. The van der Waals surface area contributed by atoms with Gasteiger partial charge in [-0.1, -0.05) is 18.5 Å². The molecule has 0 bridgehead atoms. The molecule has 0 spiro atoms. The molecular weight excluding hydrogens is 212 g/mol. The molecule has 2 N–H and O–H groups in total. The first kappa shape index (κ1) is 11.4. The smallest absolute Gasteiger partial charge is 0.142 e. The van der Waals surface area contributed by atoms with Crippen LogP contribution in [0.2, 0.25) is 5.02 Å². The molecule has 14 heavy (non-hydrogen) atoms. The molecule has 1 aromatic rings. The van der Waals surface area contributed by atoms with Crippen LogP contribution in [0.5, 0.6) is 0 Å². The minimum Gasteiger partial charge on any atom is -0.304 e. The lowest BCUT2D eigenvalue weighted by Crippen LogP contribution is -2.11. The maximum Gasteiger partial charge on any atom is 0.142 e. The lowest BCUT2D eigenvalue weighted by atomic mass is 10.0. The molecule has 2 nitrogen and oxygen atoms in total. The number of hydrogen-bond donors (Lipinski definition) is 1. The zero-order valence-corrected chi connectivity index (χ0v) is 8.31. The summed E-state index contributed by atoms with van der Waals surface area (Å²) in [5.74, 6) is 3.26. The summed E-state index contributed by atoms with van der Waals surface area (Å²) in [6, 6.07) is 2.01. The molecule has 0 heterocycles. The molecule has 0 saturated carbocycles. The third-order valence-electron chi connectivity index (χ3n) is 1.92. The Kier molecular flexibility index (Phi) is 3.80. The highest BCUT2D eigenvalue weighted by molar-refractivity contribution is 6.31. The molecule has 5 heteroatoms. The van der Waals surface area contributed by atoms with Gasteiger partial charge in [0, 0.05) is 11.5 Å². The van der Waals surface area contributed by atoms with E-state index in [0.29, 0.717) is 0 Å². The van der Waals surface area contributed by atoms with Crippen molar-refractivity contribution < 1.29 is 13.6 Å². The highest BCUT2D eigenvalue weighted by atomic mass is 35.5. The first-order valence-corrected chi connectivity index (χ1v) is 4.40. The Balaban J connectivity index is 3.11. The lowest BCUT2D eigenvalue weighted by molar-refractivity contribution is 0.126. The monoisotopic (exact) mass is 221 g/mol. The predicted molar refractivity (Wildman–Crippen MR) is 49.9 cm³/mol. The van der Waals surface area contributed by atoms with Gasteiger partial charge < -0.3 is 4.84 Å². The molecule has 0 aliphatic carbocycles. The summed E-state index contributed by atoms with van der Waals surface area (Å²) in [4.78, 5) is 4.36. The number of nitrogens with two attached hydrogens (primary N) is 1. The van der Waals surface area contributed by atoms with Gasteiger partial charge in [0.1, 0.15) is 11.6 Å². The van der Waals surface area contributed by atoms with Crippen LogP contribution < -0.4 is 5.90 Å². The zero-order valence-electron chi connectivity index (χ0n) is 7.56. The number of rotatable bonds is 3. The zero-order chi connectivity index (χ0) is 10.7. The van der Waals surface area contributed by atoms with Gasteiger partial charge in [0.15, 0.2) is 0 Å². The molecule has 0 fully saturated rings. The summed E-state index contributed by atoms with van der Waals surface area (Å²) < 4.78 is 26.2. The minimum atomic E-state index is -0.646. The summed E-state index contributed by atoms with van der Waals surface area (Å²) in [5.41, 5.74) is 0.0946. The Labute approximate surface area is 85.6 Å². The molecule has 1 unspecified atom stereocenters. The number of benzene rings is 1. The lowest BCUT2D eigenvalue weighted by Gasteiger charge is -2.13. The minimum absolute atomic E-state index is 0.0834. The molecule has 0 aliphatic heterocycles. The fourth-order valence-electron chi connectivity index (χ4n) is 1.22. The first-order chi connectivity index (χ1) is 6.57. The maximum atomic E-state index is 13.3. The molecule has 0 radical (unpaired) electrons. The van der Waals surface area contributed by atoms with Gasteiger partial charge in [0.2, 0.25) is 0 Å². The van der Waals surface area contributed by atoms with Crippen molar-refractivity contribution in [3.05, 3.63) is 34.4 Å². The molecule has 1 rings (SSSR count). The first-order valence-electron chi connectivity index (χ1n) is 4.03. The second-order valence-electron chi connectivity index (χ2n) is 2.99. The molecule has 0 saturated heterocycles. The summed E-state index contributed by atoms with van der Waals surface area (Å²) >= 11 is 5.62. The van der Waals surface area contributed by atoms with Gasteiger partial charge in [-0.25, -0.2) is 14.7 Å². The van der Waals surface area contributed by atoms with E-state index in [4.69, 9.17) is 17.5 Å². The number of hydrogen-bond acceptors (Lipinski definition) is 2. The predicted octanol–water partition coefficient (Wildman–Crippen LogP) is 2.61. The fraction of sp³-hybridized carbons (Fsp3) is 0.333. The standard InChI is InChI=1S/C9H10ClF2NO/c1-5(4-14-13)8-6(11)2-3-7(12)9(8)10/h2-3,5H,4,13H2,1H3. The van der Waals surface area contributed by atoms with E-state index in [9.17, 15) is 8.78 Å². The van der Waals surface area contributed by atoms with Gasteiger partial charge >= 0.3 is 0 Å². The highest BCUT2D eigenvalue weighted by Crippen LogP contribution is 2.29. The summed E-state index contributed by atoms with van der Waals surface area (Å²) in [6.07, 6.45) is 0. The van der Waals surface area contributed by atoms with Crippen molar-refractivity contribution in [1.82, 2.24) is 0 Å². The van der Waals surface area contributed by atoms with Crippen molar-refractivity contribution in [2.75, 3.05) is 6.61 Å². The molecule has 0 aromatic heterocycles. The molecule has 0 amide bonds. The van der Waals surface area contributed by atoms with E-state index < -0.39 is 11.6 Å². The number of halogens is 3. The van der Waals surface area contributed by atoms with Gasteiger partial charge in [-0.3, -0.25) is 0 Å². The van der Waals surface area contributed by atoms with E-state index >= 15 is 0 Å². The Morgan fingerprint density at radius 1 is 1.43 bits per heavy atom. The molecule has 1 aromatic carbocycles. The van der Waals surface area contributed by atoms with Crippen molar-refractivity contribution in [3.8, 4) is 0 Å². The van der Waals surface area contributed by atoms with Crippen molar-refractivity contribution in [3.63, 3.8) is 0 Å². The van der Waals surface area contributed by atoms with Gasteiger partial charge in [0.05, 0.1) is 11.6 Å². The summed E-state index contributed by atoms with van der Waals surface area (Å²) in [5, 5.41) is -0.213. The second-order valence-corrected chi connectivity index (χ2v) is 3.37. The van der Waals surface area contributed by atoms with Crippen LogP contribution in [-0.2, 0) is 4.84 Å². The van der Waals surface area contributed by atoms with Gasteiger partial charge in [-0.15, -0.1) is 0 Å². The molecule has 0 aliphatic rings. The Bertz CT molecular complexity index is 333. The van der Waals surface area contributed by atoms with Crippen molar-refractivity contribution >= 4 is 11.6 Å². The normalized spacial score (nSPS) is 12.9. The largest absolute Gasteiger partial charge is 0.304 e. The topological polar surface area (TPSA) is 35.2 Å². The van der Waals surface area contributed by atoms with Crippen molar-refractivity contribution in [1.29, 1.82) is 0 Å². The average Bonchev–Trinajstić information content (AvgIpc) is 2.13. The molecular formula is C9H10ClF2NO. The SMILES string of the molecule is CC(CON)c1c(F)ccc(F)c1Cl. The van der Waals surface area contributed by atoms with Crippen LogP contribution >= 0.6 is 11.6 Å². The molecule has 1 atom stereocenters. The Morgan fingerprint density at radius 3 is 2.57 bits per heavy atom. The Hall–Kier alpha value is -0.710. The fourth-order valence-corrected chi connectivity index (χ4v) is 1.56. The van der Waals surface area contributed by atoms with Crippen molar-refractivity contribution in [2.45, 2.75) is 12.8 Å². The molecule has 78 valence electrons. The summed E-state index contributed by atoms with van der Waals surface area (Å²) in [6.45, 7) is 1.73. The van der Waals surface area contributed by atoms with Crippen LogP contribution in [0, 0.1) is 11.6 Å². The van der Waals surface area contributed by atoms with E-state index in [1.807, 2.05) is 0 Å². The van der Waals surface area contributed by atoms with Crippen LogP contribution in [0.25, 0.3) is 0 Å². The van der Waals surface area contributed by atoms with Crippen LogP contribution in [0.1, 0.15) is 18.4 Å². The van der Waals surface area contributed by atoms with Crippen LogP contribution in [-0.4, -0.2) is 6.61 Å². The van der Waals surface area contributed by atoms with E-state index in [2.05, 4.69) is 4.84 Å². The third-order valence-corrected chi connectivity index (χ3v) is 2.30. The quantitative estimate of drug-likeness (QED) is 0.629. The van der Waals surface area contributed by atoms with E-state index in [0.717, 1.165) is 12.1 Å². The van der Waals surface area contributed by atoms with Crippen LogP contribution in [0.15, 0.2) is 12.1 Å². The Morgan fingerprint density at radius 2 is 2.00 bits per heavy atom. The maximum absolute atomic E-state index is 13.3. The summed E-state index contributed by atoms with van der Waals surface area (Å²) in [7, 11) is 0. The van der Waals surface area contributed by atoms with E-state index in [-0.39, 0.29) is 23.1 Å². The van der Waals surface area contributed by atoms with E-state index in [1.54, 1.807) is 6.92 Å². The van der Waals surface area contributed by atoms with Gasteiger partial charge in [-0.05, 0) is 12.1 Å². The van der Waals surface area contributed by atoms with Crippen molar-refractivity contribution in [2.24, 2.45) is 5.90 Å². The average molecular weight is 222 g/mol.